The largest absolute Gasteiger partial charge is 0.573 e. The molecule has 0 spiro atoms. The fraction of sp³-hybridized carbons (Fsp3) is 0.0952. The summed E-state index contributed by atoms with van der Waals surface area (Å²) in [5.74, 6) is -4.20. The molecule has 8 nitrogen and oxygen atoms in total. The van der Waals surface area contributed by atoms with Crippen molar-refractivity contribution in [2.75, 3.05) is 5.32 Å². The fourth-order valence-electron chi connectivity index (χ4n) is 2.96. The van der Waals surface area contributed by atoms with E-state index in [1.165, 1.54) is 24.4 Å². The minimum atomic E-state index is -4.95. The molecular formula is C21H17B3ClF4N3O5. The van der Waals surface area contributed by atoms with Crippen molar-refractivity contribution in [2.24, 2.45) is 5.73 Å². The summed E-state index contributed by atoms with van der Waals surface area (Å²) in [5.41, 5.74) is 4.49. The standard InChI is InChI=1S/C21H17B3ClF4N3O5/c22-20(23,24)37-15-8-10(36-21(27,28)29)1-3-13(15)35-14-4-2-11(25)17(26)16(14)19(34)32-9-5-6-31-12(7-9)18(30)33/h1-8H,22-24H2,(H2,30,33)(H,31,32,34). The molecule has 0 unspecified atom stereocenters. The number of aromatic nitrogens is 1. The van der Waals surface area contributed by atoms with Gasteiger partial charge in [-0.3, -0.25) is 14.6 Å². The van der Waals surface area contributed by atoms with Crippen molar-refractivity contribution in [1.29, 1.82) is 0 Å². The number of nitrogens with zero attached hydrogens (tertiary/aromatic N) is 1. The SMILES string of the molecule is BC(B)(B)Oc1cc(OC(F)(F)F)ccc1Oc1ccc(Cl)c(F)c1C(=O)Nc1ccnc(C(N)=O)c1. The molecule has 0 bridgehead atoms. The van der Waals surface area contributed by atoms with Crippen molar-refractivity contribution in [3.8, 4) is 23.0 Å². The highest BCUT2D eigenvalue weighted by Gasteiger charge is 2.32. The molecule has 0 saturated heterocycles. The van der Waals surface area contributed by atoms with Gasteiger partial charge in [-0.15, -0.1) is 13.2 Å². The lowest BCUT2D eigenvalue weighted by molar-refractivity contribution is -0.274. The number of amides is 2. The molecule has 0 saturated carbocycles. The summed E-state index contributed by atoms with van der Waals surface area (Å²) in [6.07, 6.45) is -3.74. The summed E-state index contributed by atoms with van der Waals surface area (Å²) in [6, 6.07) is 7.86. The Morgan fingerprint density at radius 2 is 1.65 bits per heavy atom. The lowest BCUT2D eigenvalue weighted by Crippen LogP contribution is -2.37. The number of pyridine rings is 1. The first-order valence-corrected chi connectivity index (χ1v) is 10.8. The van der Waals surface area contributed by atoms with Crippen LogP contribution in [0.3, 0.4) is 0 Å². The Labute approximate surface area is 215 Å². The van der Waals surface area contributed by atoms with E-state index in [9.17, 15) is 22.8 Å². The number of carbonyl (C=O) groups is 2. The minimum absolute atomic E-state index is 0.0736. The Balaban J connectivity index is 2.01. The molecule has 0 aliphatic carbocycles. The van der Waals surface area contributed by atoms with E-state index in [-0.39, 0.29) is 28.6 Å². The number of halogens is 5. The monoisotopic (exact) mass is 535 g/mol. The predicted molar refractivity (Wildman–Crippen MR) is 134 cm³/mol. The van der Waals surface area contributed by atoms with Gasteiger partial charge in [0.1, 0.15) is 46.3 Å². The minimum Gasteiger partial charge on any atom is -0.510 e. The van der Waals surface area contributed by atoms with Crippen molar-refractivity contribution in [1.82, 2.24) is 4.98 Å². The molecule has 1 aromatic heterocycles. The Kier molecular flexibility index (Phi) is 7.96. The number of ether oxygens (including phenoxy) is 3. The molecule has 3 N–H and O–H groups in total. The number of alkyl halides is 3. The lowest BCUT2D eigenvalue weighted by Gasteiger charge is -2.24. The topological polar surface area (TPSA) is 113 Å². The number of hydrogen-bond donors (Lipinski definition) is 2. The second-order valence-electron chi connectivity index (χ2n) is 8.46. The number of rotatable bonds is 8. The molecule has 3 rings (SSSR count). The van der Waals surface area contributed by atoms with Crippen LogP contribution in [0.5, 0.6) is 23.0 Å². The van der Waals surface area contributed by atoms with E-state index in [1.807, 2.05) is 0 Å². The first kappa shape index (κ1) is 27.7. The maximum absolute atomic E-state index is 15.0. The Bertz CT molecular complexity index is 1360. The number of nitrogens with two attached hydrogens (primary N) is 1. The Morgan fingerprint density at radius 1 is 0.973 bits per heavy atom. The molecule has 3 aromatic rings. The summed E-state index contributed by atoms with van der Waals surface area (Å²) in [7, 11) is 4.93. The van der Waals surface area contributed by atoms with Gasteiger partial charge in [-0.1, -0.05) is 11.6 Å². The molecular weight excluding hydrogens is 518 g/mol. The predicted octanol–water partition coefficient (Wildman–Crippen LogP) is 1.81. The normalized spacial score (nSPS) is 11.5. The first-order chi connectivity index (χ1) is 17.1. The smallest absolute Gasteiger partial charge is 0.510 e. The first-order valence-electron chi connectivity index (χ1n) is 10.4. The van der Waals surface area contributed by atoms with Crippen LogP contribution in [0.25, 0.3) is 0 Å². The number of anilines is 1. The second-order valence-corrected chi connectivity index (χ2v) is 8.86. The van der Waals surface area contributed by atoms with Crippen LogP contribution in [0.1, 0.15) is 20.8 Å². The summed E-state index contributed by atoms with van der Waals surface area (Å²) >= 11 is 5.87. The molecule has 16 heteroatoms. The van der Waals surface area contributed by atoms with Gasteiger partial charge in [0.2, 0.25) is 0 Å². The summed E-state index contributed by atoms with van der Waals surface area (Å²) < 4.78 is 68.5. The third-order valence-corrected chi connectivity index (χ3v) is 4.63. The maximum atomic E-state index is 15.0. The van der Waals surface area contributed by atoms with Gasteiger partial charge in [0.05, 0.1) is 5.02 Å². The van der Waals surface area contributed by atoms with Gasteiger partial charge in [0.25, 0.3) is 11.8 Å². The van der Waals surface area contributed by atoms with Crippen LogP contribution in [0.2, 0.25) is 5.02 Å². The molecule has 1 heterocycles. The average Bonchev–Trinajstić information content (AvgIpc) is 2.76. The molecule has 190 valence electrons. The van der Waals surface area contributed by atoms with Gasteiger partial charge in [-0.2, -0.15) is 0 Å². The zero-order chi connectivity index (χ0) is 27.5. The summed E-state index contributed by atoms with van der Waals surface area (Å²) in [6.45, 7) is 0. The number of primary amides is 1. The van der Waals surface area contributed by atoms with Crippen molar-refractivity contribution in [3.05, 3.63) is 70.8 Å². The van der Waals surface area contributed by atoms with E-state index in [0.29, 0.717) is 0 Å². The van der Waals surface area contributed by atoms with Gasteiger partial charge < -0.3 is 25.3 Å². The molecule has 0 atom stereocenters. The van der Waals surface area contributed by atoms with E-state index >= 15 is 4.39 Å². The highest BCUT2D eigenvalue weighted by Crippen LogP contribution is 2.39. The molecule has 0 aliphatic rings. The van der Waals surface area contributed by atoms with Gasteiger partial charge in [0, 0.05) is 23.2 Å². The highest BCUT2D eigenvalue weighted by molar-refractivity contribution is 6.58. The number of carbonyl (C=O) groups excluding carboxylic acids is 2. The zero-order valence-electron chi connectivity index (χ0n) is 19.6. The summed E-state index contributed by atoms with van der Waals surface area (Å²) in [4.78, 5) is 28.1. The Hall–Kier alpha value is -3.87. The van der Waals surface area contributed by atoms with Gasteiger partial charge in [0.15, 0.2) is 17.3 Å². The van der Waals surface area contributed by atoms with Crippen LogP contribution in [-0.4, -0.2) is 52.0 Å². The third-order valence-electron chi connectivity index (χ3n) is 4.34. The molecule has 0 radical (unpaired) electrons. The van der Waals surface area contributed by atoms with E-state index in [0.717, 1.165) is 24.3 Å². The molecule has 2 aromatic carbocycles. The van der Waals surface area contributed by atoms with E-state index in [4.69, 9.17) is 26.8 Å². The van der Waals surface area contributed by atoms with Gasteiger partial charge in [-0.05, 0) is 36.4 Å². The fourth-order valence-corrected chi connectivity index (χ4v) is 3.12. The highest BCUT2D eigenvalue weighted by atomic mass is 35.5. The molecule has 37 heavy (non-hydrogen) atoms. The third kappa shape index (κ3) is 7.56. The van der Waals surface area contributed by atoms with Crippen molar-refractivity contribution in [3.63, 3.8) is 0 Å². The zero-order valence-corrected chi connectivity index (χ0v) is 20.3. The quantitative estimate of drug-likeness (QED) is 0.336. The molecule has 0 aliphatic heterocycles. The van der Waals surface area contributed by atoms with Crippen LogP contribution in [0.15, 0.2) is 48.7 Å². The summed E-state index contributed by atoms with van der Waals surface area (Å²) in [5, 5.41) is 1.12. The van der Waals surface area contributed by atoms with Gasteiger partial charge >= 0.3 is 6.36 Å². The van der Waals surface area contributed by atoms with Crippen LogP contribution in [-0.2, 0) is 0 Å². The van der Waals surface area contributed by atoms with Crippen LogP contribution >= 0.6 is 11.6 Å². The van der Waals surface area contributed by atoms with Crippen LogP contribution in [0, 0.1) is 5.82 Å². The number of benzene rings is 2. The van der Waals surface area contributed by atoms with Crippen LogP contribution < -0.4 is 25.3 Å². The second kappa shape index (κ2) is 10.6. The Morgan fingerprint density at radius 3 is 2.27 bits per heavy atom. The van der Waals surface area contributed by atoms with E-state index < -0.39 is 45.6 Å². The number of hydrogen-bond acceptors (Lipinski definition) is 6. The maximum Gasteiger partial charge on any atom is 0.573 e. The lowest BCUT2D eigenvalue weighted by atomic mass is 9.52. The van der Waals surface area contributed by atoms with Crippen molar-refractivity contribution in [2.45, 2.75) is 11.7 Å². The average molecular weight is 535 g/mol. The molecule has 0 fully saturated rings. The van der Waals surface area contributed by atoms with Crippen molar-refractivity contribution >= 4 is 52.6 Å². The van der Waals surface area contributed by atoms with Crippen molar-refractivity contribution < 1.29 is 41.4 Å². The van der Waals surface area contributed by atoms with Gasteiger partial charge in [-0.25, -0.2) is 4.39 Å². The van der Waals surface area contributed by atoms with Crippen LogP contribution in [0.4, 0.5) is 23.2 Å². The number of nitrogens with one attached hydrogen (secondary N) is 1. The van der Waals surface area contributed by atoms with E-state index in [1.54, 1.807) is 23.5 Å². The van der Waals surface area contributed by atoms with E-state index in [2.05, 4.69) is 15.0 Å². The molecule has 2 amide bonds.